The van der Waals surface area contributed by atoms with Crippen LogP contribution in [-0.2, 0) is 5.41 Å². The lowest BCUT2D eigenvalue weighted by Gasteiger charge is -2.40. The number of para-hydroxylation sites is 2. The number of anilines is 3. The summed E-state index contributed by atoms with van der Waals surface area (Å²) >= 11 is 1.85. The predicted molar refractivity (Wildman–Crippen MR) is 252 cm³/mol. The SMILES string of the molecule is c1ccc(N(c2ccc3sc4ccccc4c3c2)c2ccccc2-c2ccc3c(c2)-c2ccccc2C32c3ccc4ccccc4c3Oc3c2ccc2ccccc32)cc1. The second kappa shape index (κ2) is 12.8. The molecule has 0 amide bonds. The zero-order valence-corrected chi connectivity index (χ0v) is 33.3. The molecule has 60 heavy (non-hydrogen) atoms. The van der Waals surface area contributed by atoms with Crippen molar-refractivity contribution in [3.63, 3.8) is 0 Å². The molecule has 3 heteroatoms. The lowest BCUT2D eigenvalue weighted by atomic mass is 9.65. The smallest absolute Gasteiger partial charge is 0.140 e. The Morgan fingerprint density at radius 2 is 0.950 bits per heavy atom. The standard InChI is InChI=1S/C57H35NOS/c1-2-16-39(17-3-1)58(40-29-33-54-47(35-40)45-22-10-13-25-53(45)60-54)52-24-12-9-18-41(52)38-28-30-49-46(34-38)44-21-8-11-23-48(44)57(49)50-31-26-36-14-4-6-19-42(36)55(50)59-56-43-20-7-5-15-37(43)27-32-51(56)57/h1-35H. The highest BCUT2D eigenvalue weighted by molar-refractivity contribution is 7.25. The Kier molecular flexibility index (Phi) is 7.13. The number of benzene rings is 10. The van der Waals surface area contributed by atoms with Crippen molar-refractivity contribution < 1.29 is 4.74 Å². The van der Waals surface area contributed by atoms with Crippen LogP contribution in [0.3, 0.4) is 0 Å². The summed E-state index contributed by atoms with van der Waals surface area (Å²) in [6, 6.07) is 78.0. The third-order valence-electron chi connectivity index (χ3n) is 12.9. The number of thiophene rings is 1. The number of rotatable bonds is 4. The molecule has 0 radical (unpaired) electrons. The Labute approximate surface area is 351 Å². The number of hydrogen-bond donors (Lipinski definition) is 0. The van der Waals surface area contributed by atoms with E-state index < -0.39 is 5.41 Å². The van der Waals surface area contributed by atoms with E-state index in [0.717, 1.165) is 39.3 Å². The van der Waals surface area contributed by atoms with Gasteiger partial charge < -0.3 is 9.64 Å². The van der Waals surface area contributed by atoms with Crippen LogP contribution in [0.25, 0.3) is 64.0 Å². The maximum atomic E-state index is 7.18. The Morgan fingerprint density at radius 3 is 1.72 bits per heavy atom. The number of hydrogen-bond acceptors (Lipinski definition) is 3. The van der Waals surface area contributed by atoms with Crippen LogP contribution in [0.5, 0.6) is 11.5 Å². The predicted octanol–water partition coefficient (Wildman–Crippen LogP) is 16.0. The molecule has 1 spiro atoms. The zero-order valence-electron chi connectivity index (χ0n) is 32.5. The molecule has 2 nitrogen and oxygen atoms in total. The van der Waals surface area contributed by atoms with Crippen LogP contribution in [0, 0.1) is 0 Å². The first kappa shape index (κ1) is 33.5. The molecule has 0 fully saturated rings. The van der Waals surface area contributed by atoms with Crippen molar-refractivity contribution in [1.82, 2.24) is 0 Å². The minimum Gasteiger partial charge on any atom is -0.455 e. The Bertz CT molecular complexity index is 3460. The molecule has 0 unspecified atom stereocenters. The van der Waals surface area contributed by atoms with Gasteiger partial charge in [0.1, 0.15) is 11.5 Å². The van der Waals surface area contributed by atoms with Crippen LogP contribution < -0.4 is 9.64 Å². The van der Waals surface area contributed by atoms with Gasteiger partial charge in [0, 0.05) is 59.0 Å². The van der Waals surface area contributed by atoms with Crippen LogP contribution >= 0.6 is 11.3 Å². The maximum absolute atomic E-state index is 7.18. The normalized spacial score (nSPS) is 13.3. The second-order valence-corrected chi connectivity index (χ2v) is 17.0. The van der Waals surface area contributed by atoms with Crippen LogP contribution in [0.2, 0.25) is 0 Å². The summed E-state index contributed by atoms with van der Waals surface area (Å²) in [5.41, 5.74) is 12.5. The molecule has 280 valence electrons. The summed E-state index contributed by atoms with van der Waals surface area (Å²) in [7, 11) is 0. The molecule has 1 aliphatic heterocycles. The van der Waals surface area contributed by atoms with Crippen molar-refractivity contribution >= 4 is 70.1 Å². The van der Waals surface area contributed by atoms with E-state index in [1.807, 2.05) is 11.3 Å². The van der Waals surface area contributed by atoms with E-state index in [0.29, 0.717) is 0 Å². The molecule has 2 heterocycles. The first-order chi connectivity index (χ1) is 29.8. The van der Waals surface area contributed by atoms with Gasteiger partial charge in [0.05, 0.1) is 11.1 Å². The van der Waals surface area contributed by atoms with Gasteiger partial charge in [-0.3, -0.25) is 0 Å². The van der Waals surface area contributed by atoms with E-state index in [9.17, 15) is 0 Å². The molecule has 2 aliphatic rings. The zero-order chi connectivity index (χ0) is 39.4. The summed E-state index contributed by atoms with van der Waals surface area (Å²) in [4.78, 5) is 2.42. The molecule has 0 bridgehead atoms. The lowest BCUT2D eigenvalue weighted by Crippen LogP contribution is -2.32. The molecule has 0 saturated heterocycles. The van der Waals surface area contributed by atoms with Crippen molar-refractivity contribution in [1.29, 1.82) is 0 Å². The second-order valence-electron chi connectivity index (χ2n) is 16.0. The van der Waals surface area contributed by atoms with Crippen molar-refractivity contribution in [3.05, 3.63) is 235 Å². The average Bonchev–Trinajstić information content (AvgIpc) is 3.83. The summed E-state index contributed by atoms with van der Waals surface area (Å²) in [6.07, 6.45) is 0. The molecule has 11 aromatic rings. The van der Waals surface area contributed by atoms with Gasteiger partial charge in [0.25, 0.3) is 0 Å². The van der Waals surface area contributed by atoms with Crippen molar-refractivity contribution in [2.24, 2.45) is 0 Å². The number of ether oxygens (including phenoxy) is 1. The monoisotopic (exact) mass is 781 g/mol. The maximum Gasteiger partial charge on any atom is 0.140 e. The van der Waals surface area contributed by atoms with Gasteiger partial charge in [0.15, 0.2) is 0 Å². The topological polar surface area (TPSA) is 12.5 Å². The van der Waals surface area contributed by atoms with Crippen LogP contribution in [0.4, 0.5) is 17.1 Å². The summed E-state index contributed by atoms with van der Waals surface area (Å²) in [6.45, 7) is 0. The molecule has 1 aliphatic carbocycles. The first-order valence-corrected chi connectivity index (χ1v) is 21.4. The lowest BCUT2D eigenvalue weighted by molar-refractivity contribution is 0.447. The minimum atomic E-state index is -0.588. The van der Waals surface area contributed by atoms with E-state index in [1.54, 1.807) is 0 Å². The highest BCUT2D eigenvalue weighted by atomic mass is 32.1. The fourth-order valence-corrected chi connectivity index (χ4v) is 11.4. The quantitative estimate of drug-likeness (QED) is 0.176. The van der Waals surface area contributed by atoms with E-state index in [1.165, 1.54) is 75.5 Å². The van der Waals surface area contributed by atoms with Gasteiger partial charge >= 0.3 is 0 Å². The average molecular weight is 782 g/mol. The summed E-state index contributed by atoms with van der Waals surface area (Å²) < 4.78 is 9.79. The number of nitrogens with zero attached hydrogens (tertiary/aromatic N) is 1. The summed E-state index contributed by atoms with van der Waals surface area (Å²) in [5.74, 6) is 1.87. The van der Waals surface area contributed by atoms with E-state index in [-0.39, 0.29) is 0 Å². The molecule has 0 atom stereocenters. The van der Waals surface area contributed by atoms with Gasteiger partial charge in [-0.1, -0.05) is 164 Å². The minimum absolute atomic E-state index is 0.588. The third kappa shape index (κ3) is 4.64. The molecular weight excluding hydrogens is 747 g/mol. The fraction of sp³-hybridized carbons (Fsp3) is 0.0175. The molecule has 10 aromatic carbocycles. The highest BCUT2D eigenvalue weighted by Crippen LogP contribution is 2.64. The van der Waals surface area contributed by atoms with Gasteiger partial charge in [-0.2, -0.15) is 0 Å². The fourth-order valence-electron chi connectivity index (χ4n) is 10.3. The van der Waals surface area contributed by atoms with Crippen molar-refractivity contribution in [2.45, 2.75) is 5.41 Å². The summed E-state index contributed by atoms with van der Waals surface area (Å²) in [5, 5.41) is 7.16. The van der Waals surface area contributed by atoms with Gasteiger partial charge in [-0.15, -0.1) is 11.3 Å². The first-order valence-electron chi connectivity index (χ1n) is 20.6. The van der Waals surface area contributed by atoms with Gasteiger partial charge in [-0.05, 0) is 87.1 Å². The Hall–Kier alpha value is -7.46. The van der Waals surface area contributed by atoms with Crippen LogP contribution in [0.1, 0.15) is 22.3 Å². The molecule has 0 saturated carbocycles. The van der Waals surface area contributed by atoms with Gasteiger partial charge in [-0.25, -0.2) is 0 Å². The highest BCUT2D eigenvalue weighted by Gasteiger charge is 2.51. The van der Waals surface area contributed by atoms with E-state index in [2.05, 4.69) is 217 Å². The molecule has 13 rings (SSSR count). The van der Waals surface area contributed by atoms with Crippen molar-refractivity contribution in [2.75, 3.05) is 4.90 Å². The Balaban J connectivity index is 1.06. The molecule has 1 aromatic heterocycles. The number of fused-ring (bicyclic) bond motifs is 16. The van der Waals surface area contributed by atoms with Crippen LogP contribution in [-0.4, -0.2) is 0 Å². The molecular formula is C57H35NOS. The van der Waals surface area contributed by atoms with E-state index in [4.69, 9.17) is 4.74 Å². The van der Waals surface area contributed by atoms with Gasteiger partial charge in [0.2, 0.25) is 0 Å². The Morgan fingerprint density at radius 1 is 0.367 bits per heavy atom. The largest absolute Gasteiger partial charge is 0.455 e. The van der Waals surface area contributed by atoms with Crippen molar-refractivity contribution in [3.8, 4) is 33.8 Å². The molecule has 0 N–H and O–H groups in total. The third-order valence-corrected chi connectivity index (χ3v) is 14.1. The van der Waals surface area contributed by atoms with Crippen LogP contribution in [0.15, 0.2) is 212 Å². The van der Waals surface area contributed by atoms with E-state index >= 15 is 0 Å².